The monoisotopic (exact) mass is 620 g/mol. The average molecular weight is 621 g/mol. The number of nitriles is 1. The Morgan fingerprint density at radius 3 is 2.56 bits per heavy atom. The average Bonchev–Trinajstić information content (AvgIpc) is 3.02. The number of amides is 1. The van der Waals surface area contributed by atoms with Crippen molar-refractivity contribution < 1.29 is 28.2 Å². The number of alkyl halides is 2. The summed E-state index contributed by atoms with van der Waals surface area (Å²) in [7, 11) is 0. The number of halogens is 2. The topological polar surface area (TPSA) is 140 Å². The number of nitrogens with one attached hydrogen (secondary N) is 1. The smallest absolute Gasteiger partial charge is 0.301 e. The van der Waals surface area contributed by atoms with E-state index >= 15 is 8.78 Å². The summed E-state index contributed by atoms with van der Waals surface area (Å²) in [5.41, 5.74) is 2.46. The Labute approximate surface area is 259 Å². The normalized spacial score (nSPS) is 21.9. The summed E-state index contributed by atoms with van der Waals surface area (Å²) in [6, 6.07) is 15.1. The summed E-state index contributed by atoms with van der Waals surface area (Å²) in [4.78, 5) is 30.5. The minimum atomic E-state index is -3.39. The van der Waals surface area contributed by atoms with Crippen LogP contribution in [0, 0.1) is 17.2 Å². The van der Waals surface area contributed by atoms with Gasteiger partial charge in [0.05, 0.1) is 31.4 Å². The van der Waals surface area contributed by atoms with E-state index in [1.807, 2.05) is 18.2 Å². The molecule has 2 atom stereocenters. The fraction of sp³-hybridized carbons (Fsp3) is 0.452. The highest BCUT2D eigenvalue weighted by Gasteiger charge is 2.51. The number of anilines is 3. The van der Waals surface area contributed by atoms with E-state index in [2.05, 4.69) is 42.2 Å². The number of aliphatic hydroxyl groups is 1. The van der Waals surface area contributed by atoms with Crippen molar-refractivity contribution in [2.24, 2.45) is 5.92 Å². The largest absolute Gasteiger partial charge is 0.482 e. The van der Waals surface area contributed by atoms with Gasteiger partial charge in [-0.2, -0.15) is 10.2 Å². The van der Waals surface area contributed by atoms with E-state index in [1.165, 1.54) is 25.4 Å². The Hall–Kier alpha value is -4.45. The van der Waals surface area contributed by atoms with Crippen molar-refractivity contribution in [1.82, 2.24) is 24.8 Å². The van der Waals surface area contributed by atoms with Crippen LogP contribution >= 0.6 is 0 Å². The molecule has 2 N–H and O–H groups in total. The van der Waals surface area contributed by atoms with Crippen LogP contribution in [0.15, 0.2) is 48.8 Å². The van der Waals surface area contributed by atoms with Gasteiger partial charge in [0.25, 0.3) is 0 Å². The second-order valence-corrected chi connectivity index (χ2v) is 11.6. The maximum atomic E-state index is 15.0. The molecule has 3 aromatic rings. The molecule has 1 unspecified atom stereocenters. The second kappa shape index (κ2) is 12.9. The van der Waals surface area contributed by atoms with Gasteiger partial charge in [0.2, 0.25) is 11.9 Å². The lowest BCUT2D eigenvalue weighted by molar-refractivity contribution is -0.174. The molecule has 3 aliphatic rings. The van der Waals surface area contributed by atoms with Crippen LogP contribution in [-0.4, -0.2) is 113 Å². The number of hydrogen-bond donors (Lipinski definition) is 2. The van der Waals surface area contributed by atoms with Gasteiger partial charge in [-0.05, 0) is 42.5 Å². The first kappa shape index (κ1) is 30.6. The molecule has 0 aliphatic carbocycles. The van der Waals surface area contributed by atoms with Crippen LogP contribution < -0.4 is 15.0 Å². The van der Waals surface area contributed by atoms with E-state index < -0.39 is 37.0 Å². The van der Waals surface area contributed by atoms with Crippen molar-refractivity contribution in [1.29, 1.82) is 5.26 Å². The zero-order valence-electron chi connectivity index (χ0n) is 24.8. The van der Waals surface area contributed by atoms with Gasteiger partial charge in [-0.3, -0.25) is 9.69 Å². The van der Waals surface area contributed by atoms with Crippen LogP contribution in [0.2, 0.25) is 0 Å². The highest BCUT2D eigenvalue weighted by atomic mass is 19.3. The lowest BCUT2D eigenvalue weighted by Gasteiger charge is -2.43. The number of aliphatic hydroxyl groups excluding tert-OH is 1. The number of rotatable bonds is 8. The number of piperidine rings is 1. The maximum Gasteiger partial charge on any atom is 0.301 e. The van der Waals surface area contributed by atoms with E-state index in [-0.39, 0.29) is 23.7 Å². The molecule has 2 aromatic carbocycles. The van der Waals surface area contributed by atoms with Gasteiger partial charge in [0.1, 0.15) is 24.8 Å². The summed E-state index contributed by atoms with van der Waals surface area (Å²) in [6.45, 7) is 5.42. The minimum absolute atomic E-state index is 0.00343. The van der Waals surface area contributed by atoms with Crippen LogP contribution in [-0.2, 0) is 9.53 Å². The molecule has 4 heterocycles. The number of nitrogens with zero attached hydrogens (tertiary/aromatic N) is 7. The molecule has 14 heteroatoms. The Kier molecular flexibility index (Phi) is 8.75. The van der Waals surface area contributed by atoms with Gasteiger partial charge in [-0.25, -0.2) is 18.7 Å². The number of likely N-dealkylation sites (tertiary alicyclic amines) is 1. The Bertz CT molecular complexity index is 1560. The number of benzene rings is 2. The quantitative estimate of drug-likeness (QED) is 0.384. The molecule has 1 amide bonds. The van der Waals surface area contributed by atoms with Gasteiger partial charge in [0.15, 0.2) is 11.9 Å². The molecule has 0 radical (unpaired) electrons. The molecule has 0 spiro atoms. The van der Waals surface area contributed by atoms with Crippen molar-refractivity contribution in [2.45, 2.75) is 25.0 Å². The van der Waals surface area contributed by atoms with Gasteiger partial charge in [-0.1, -0.05) is 6.92 Å². The Morgan fingerprint density at radius 1 is 1.16 bits per heavy atom. The highest BCUT2D eigenvalue weighted by molar-refractivity contribution is 5.77. The van der Waals surface area contributed by atoms with E-state index in [0.29, 0.717) is 17.6 Å². The van der Waals surface area contributed by atoms with Gasteiger partial charge in [-0.15, -0.1) is 0 Å². The molecule has 0 saturated carbocycles. The fourth-order valence-corrected chi connectivity index (χ4v) is 5.92. The van der Waals surface area contributed by atoms with Crippen molar-refractivity contribution in [3.05, 3.63) is 54.4 Å². The molecule has 3 fully saturated rings. The first-order valence-electron chi connectivity index (χ1n) is 14.8. The van der Waals surface area contributed by atoms with Crippen LogP contribution in [0.4, 0.5) is 26.1 Å². The van der Waals surface area contributed by atoms with Crippen LogP contribution in [0.1, 0.15) is 12.5 Å². The fourth-order valence-electron chi connectivity index (χ4n) is 5.92. The Morgan fingerprint density at radius 2 is 1.91 bits per heavy atom. The zero-order chi connectivity index (χ0) is 31.6. The summed E-state index contributed by atoms with van der Waals surface area (Å²) >= 11 is 0. The summed E-state index contributed by atoms with van der Waals surface area (Å²) < 4.78 is 41.0. The lowest BCUT2D eigenvalue weighted by atomic mass is 9.93. The third kappa shape index (κ3) is 6.65. The molecular formula is C31H34F2N8O4. The van der Waals surface area contributed by atoms with E-state index in [4.69, 9.17) is 14.6 Å². The maximum absolute atomic E-state index is 15.0. The Balaban J connectivity index is 1.11. The molecule has 6 rings (SSSR count). The predicted octanol–water partition coefficient (Wildman–Crippen LogP) is 2.53. The van der Waals surface area contributed by atoms with Gasteiger partial charge in [0, 0.05) is 55.6 Å². The van der Waals surface area contributed by atoms with Crippen LogP contribution in [0.3, 0.4) is 0 Å². The van der Waals surface area contributed by atoms with E-state index in [0.717, 1.165) is 55.7 Å². The summed E-state index contributed by atoms with van der Waals surface area (Å²) in [5, 5.41) is 22.1. The van der Waals surface area contributed by atoms with Gasteiger partial charge < -0.3 is 29.7 Å². The van der Waals surface area contributed by atoms with E-state index in [1.54, 1.807) is 6.07 Å². The second-order valence-electron chi connectivity index (χ2n) is 11.6. The number of carbonyl (C=O) groups is 1. The lowest BCUT2D eigenvalue weighted by Crippen LogP contribution is -2.59. The first-order chi connectivity index (χ1) is 21.7. The van der Waals surface area contributed by atoms with Crippen molar-refractivity contribution >= 4 is 23.2 Å². The van der Waals surface area contributed by atoms with Gasteiger partial charge >= 0.3 is 5.92 Å². The molecule has 3 saturated heterocycles. The molecule has 45 heavy (non-hydrogen) atoms. The molecule has 12 nitrogen and oxygen atoms in total. The van der Waals surface area contributed by atoms with Crippen LogP contribution in [0.5, 0.6) is 5.75 Å². The molecule has 1 aromatic heterocycles. The third-order valence-electron chi connectivity index (χ3n) is 8.45. The highest BCUT2D eigenvalue weighted by Crippen LogP contribution is 2.36. The number of piperazine rings is 1. The number of aromatic nitrogens is 3. The van der Waals surface area contributed by atoms with Crippen molar-refractivity contribution in [2.75, 3.05) is 69.3 Å². The van der Waals surface area contributed by atoms with Crippen molar-refractivity contribution in [3.8, 4) is 23.2 Å². The SMILES string of the molecule is CC1CN(C(=O)CO)CC(F)(F)[C@H]1Oc1ccc(-c2ncnc(Nc3ccc(N4CCN(C5COC5)CC4)cc3)n2)cc1C#N. The molecular weight excluding hydrogens is 586 g/mol. The number of carbonyl (C=O) groups excluding carboxylic acids is 1. The molecule has 236 valence electrons. The minimum Gasteiger partial charge on any atom is -0.482 e. The first-order valence-corrected chi connectivity index (χ1v) is 14.8. The number of ether oxygens (including phenoxy) is 2. The van der Waals surface area contributed by atoms with Crippen LogP contribution in [0.25, 0.3) is 11.4 Å². The summed E-state index contributed by atoms with van der Waals surface area (Å²) in [5.74, 6) is -4.32. The molecule has 0 bridgehead atoms. The predicted molar refractivity (Wildman–Crippen MR) is 160 cm³/mol. The third-order valence-corrected chi connectivity index (χ3v) is 8.45. The number of hydrogen-bond acceptors (Lipinski definition) is 11. The summed E-state index contributed by atoms with van der Waals surface area (Å²) in [6.07, 6.45) is -0.212. The standard InChI is InChI=1S/C31H34F2N8O4/c1-20-14-41(27(43)15-42)18-31(32,33)28(20)45-26-7-2-21(12-22(26)13-34)29-35-19-36-30(38-29)37-23-3-5-24(6-4-23)39-8-10-40(11-9-39)25-16-44-17-25/h2-7,12,19-20,25,28,42H,8-11,14-18H2,1H3,(H,35,36,37,38)/t20?,28-/m0/s1. The van der Waals surface area contributed by atoms with Crippen molar-refractivity contribution in [3.63, 3.8) is 0 Å². The van der Waals surface area contributed by atoms with E-state index in [9.17, 15) is 10.1 Å². The molecule has 3 aliphatic heterocycles. The zero-order valence-corrected chi connectivity index (χ0v) is 24.8.